The molecule has 9 heteroatoms. The van der Waals surface area contributed by atoms with Crippen LogP contribution in [0.2, 0.25) is 0 Å². The van der Waals surface area contributed by atoms with Gasteiger partial charge >= 0.3 is 12.2 Å². The number of rotatable bonds is 9. The highest BCUT2D eigenvalue weighted by atomic mass is 19.4. The van der Waals surface area contributed by atoms with Crippen LogP contribution in [0.5, 0.6) is 6.01 Å². The number of alkyl halides is 3. The second-order valence-electron chi connectivity index (χ2n) is 11.5. The summed E-state index contributed by atoms with van der Waals surface area (Å²) in [6, 6.07) is 5.84. The Kier molecular flexibility index (Phi) is 8.17. The van der Waals surface area contributed by atoms with E-state index in [-0.39, 0.29) is 37.1 Å². The van der Waals surface area contributed by atoms with Crippen molar-refractivity contribution in [3.63, 3.8) is 0 Å². The molecule has 1 aromatic heterocycles. The average molecular weight is 547 g/mol. The summed E-state index contributed by atoms with van der Waals surface area (Å²) in [5.74, 6) is -0.104. The van der Waals surface area contributed by atoms with E-state index in [0.717, 1.165) is 49.9 Å². The summed E-state index contributed by atoms with van der Waals surface area (Å²) in [5.41, 5.74) is 1.11. The van der Waals surface area contributed by atoms with Crippen LogP contribution < -0.4 is 4.74 Å². The molecule has 1 aliphatic carbocycles. The fourth-order valence-electron chi connectivity index (χ4n) is 6.31. The third kappa shape index (κ3) is 5.93. The lowest BCUT2D eigenvalue weighted by Gasteiger charge is -2.47. The van der Waals surface area contributed by atoms with Gasteiger partial charge in [0.2, 0.25) is 0 Å². The highest BCUT2D eigenvalue weighted by Gasteiger charge is 2.58. The fraction of sp³-hybridized carbons (Fsp3) is 0.600. The first kappa shape index (κ1) is 27.9. The summed E-state index contributed by atoms with van der Waals surface area (Å²) >= 11 is 0. The number of hydrogen-bond donors (Lipinski definition) is 0. The van der Waals surface area contributed by atoms with E-state index in [9.17, 15) is 13.2 Å². The van der Waals surface area contributed by atoms with E-state index in [1.165, 1.54) is 6.07 Å². The molecule has 0 radical (unpaired) electrons. The number of likely N-dealkylation sites (tertiary alicyclic amines) is 2. The molecule has 1 unspecified atom stereocenters. The van der Waals surface area contributed by atoms with E-state index in [1.54, 1.807) is 18.5 Å². The van der Waals surface area contributed by atoms with E-state index in [2.05, 4.69) is 28.4 Å². The molecule has 39 heavy (non-hydrogen) atoms. The zero-order valence-electron chi connectivity index (χ0n) is 22.6. The molecule has 0 bridgehead atoms. The van der Waals surface area contributed by atoms with E-state index < -0.39 is 11.6 Å². The maximum absolute atomic E-state index is 15.1. The third-order valence-corrected chi connectivity index (χ3v) is 9.03. The van der Waals surface area contributed by atoms with Gasteiger partial charge < -0.3 is 14.5 Å². The minimum atomic E-state index is -4.12. The van der Waals surface area contributed by atoms with Crippen molar-refractivity contribution in [3.8, 4) is 17.1 Å². The van der Waals surface area contributed by atoms with Crippen molar-refractivity contribution < 1.29 is 22.3 Å². The lowest BCUT2D eigenvalue weighted by molar-refractivity contribution is -0.256. The van der Waals surface area contributed by atoms with Gasteiger partial charge in [-0.2, -0.15) is 13.2 Å². The summed E-state index contributed by atoms with van der Waals surface area (Å²) in [6.45, 7) is 9.16. The van der Waals surface area contributed by atoms with Gasteiger partial charge in [0.25, 0.3) is 0 Å². The molecule has 5 rings (SSSR count). The summed E-state index contributed by atoms with van der Waals surface area (Å²) in [7, 11) is 0. The van der Waals surface area contributed by atoms with Crippen LogP contribution in [-0.2, 0) is 0 Å². The molecule has 5 nitrogen and oxygen atoms in total. The Morgan fingerprint density at radius 1 is 1.08 bits per heavy atom. The standard InChI is InChI=1S/C30H38F4N4O/c1-3-25-6-4-13-38(25)21(2)23-7-8-26(27(31)16-23)24-17-35-28(36-18-24)39-19-22-9-14-37(15-10-22)20-29(11-5-12-29)30(32,33)34/h7-8,16-18,22,25H,2-6,9-15,19-20H2,1H3. The molecule has 1 aromatic carbocycles. The molecule has 3 heterocycles. The van der Waals surface area contributed by atoms with Gasteiger partial charge in [-0.15, -0.1) is 0 Å². The van der Waals surface area contributed by atoms with Crippen molar-refractivity contribution in [3.05, 3.63) is 48.6 Å². The molecule has 2 aliphatic heterocycles. The number of benzene rings is 1. The molecule has 212 valence electrons. The highest BCUT2D eigenvalue weighted by Crippen LogP contribution is 2.53. The maximum Gasteiger partial charge on any atom is 0.395 e. The molecule has 1 saturated carbocycles. The second-order valence-corrected chi connectivity index (χ2v) is 11.5. The number of aromatic nitrogens is 2. The van der Waals surface area contributed by atoms with Crippen molar-refractivity contribution in [1.82, 2.24) is 19.8 Å². The first-order valence-corrected chi connectivity index (χ1v) is 14.2. The van der Waals surface area contributed by atoms with Crippen LogP contribution in [0, 0.1) is 17.2 Å². The minimum absolute atomic E-state index is 0.109. The lowest BCUT2D eigenvalue weighted by Crippen LogP contribution is -2.53. The van der Waals surface area contributed by atoms with Crippen LogP contribution in [0.1, 0.15) is 63.9 Å². The second kappa shape index (κ2) is 11.4. The number of halogens is 4. The Balaban J connectivity index is 1.12. The SMILES string of the molecule is C=C(c1ccc(-c2cnc(OCC3CCN(CC4(C(F)(F)F)CCC4)CC3)nc2)c(F)c1)N1CCCC1CC. The van der Waals surface area contributed by atoms with Gasteiger partial charge in [0.15, 0.2) is 0 Å². The maximum atomic E-state index is 15.1. The average Bonchev–Trinajstić information content (AvgIpc) is 3.38. The van der Waals surface area contributed by atoms with Crippen molar-refractivity contribution in [2.75, 3.05) is 32.8 Å². The molecule has 0 spiro atoms. The Morgan fingerprint density at radius 3 is 2.38 bits per heavy atom. The molecule has 1 atom stereocenters. The van der Waals surface area contributed by atoms with Crippen molar-refractivity contribution in [1.29, 1.82) is 0 Å². The molecule has 3 fully saturated rings. The van der Waals surface area contributed by atoms with Crippen LogP contribution in [0.4, 0.5) is 17.6 Å². The zero-order valence-corrected chi connectivity index (χ0v) is 22.6. The molecular weight excluding hydrogens is 508 g/mol. The smallest absolute Gasteiger partial charge is 0.395 e. The highest BCUT2D eigenvalue weighted by molar-refractivity contribution is 5.69. The molecule has 0 amide bonds. The van der Waals surface area contributed by atoms with E-state index >= 15 is 4.39 Å². The van der Waals surface area contributed by atoms with Gasteiger partial charge in [-0.3, -0.25) is 0 Å². The summed E-state index contributed by atoms with van der Waals surface area (Å²) in [4.78, 5) is 12.8. The number of hydrogen-bond acceptors (Lipinski definition) is 5. The van der Waals surface area contributed by atoms with E-state index in [4.69, 9.17) is 4.74 Å². The predicted octanol–water partition coefficient (Wildman–Crippen LogP) is 6.95. The quantitative estimate of drug-likeness (QED) is 0.319. The molecule has 2 saturated heterocycles. The summed E-state index contributed by atoms with van der Waals surface area (Å²) in [5, 5.41) is 0. The van der Waals surface area contributed by atoms with Gasteiger partial charge in [0, 0.05) is 53.9 Å². The largest absolute Gasteiger partial charge is 0.463 e. The Labute approximate surface area is 228 Å². The Hall–Kier alpha value is -2.68. The number of ether oxygens (including phenoxy) is 1. The van der Waals surface area contributed by atoms with Crippen LogP contribution in [-0.4, -0.2) is 64.8 Å². The first-order valence-electron chi connectivity index (χ1n) is 14.2. The molecule has 0 N–H and O–H groups in total. The third-order valence-electron chi connectivity index (χ3n) is 9.03. The van der Waals surface area contributed by atoms with Gasteiger partial charge in [-0.1, -0.05) is 32.1 Å². The number of nitrogens with zero attached hydrogens (tertiary/aromatic N) is 4. The van der Waals surface area contributed by atoms with Crippen LogP contribution >= 0.6 is 0 Å². The minimum Gasteiger partial charge on any atom is -0.463 e. The fourth-order valence-corrected chi connectivity index (χ4v) is 6.31. The first-order chi connectivity index (χ1) is 18.7. The van der Waals surface area contributed by atoms with Gasteiger partial charge in [-0.05, 0) is 70.0 Å². The Morgan fingerprint density at radius 2 is 1.79 bits per heavy atom. The van der Waals surface area contributed by atoms with E-state index in [1.807, 2.05) is 11.0 Å². The molecule has 3 aliphatic rings. The normalized spacial score (nSPS) is 22.1. The van der Waals surface area contributed by atoms with E-state index in [0.29, 0.717) is 43.3 Å². The van der Waals surface area contributed by atoms with Gasteiger partial charge in [-0.25, -0.2) is 14.4 Å². The van der Waals surface area contributed by atoms with Crippen molar-refractivity contribution in [2.45, 2.75) is 70.5 Å². The van der Waals surface area contributed by atoms with Crippen LogP contribution in [0.25, 0.3) is 16.8 Å². The topological polar surface area (TPSA) is 41.5 Å². The number of piperidine rings is 1. The lowest BCUT2D eigenvalue weighted by atomic mass is 9.67. The van der Waals surface area contributed by atoms with Crippen molar-refractivity contribution >= 4 is 5.70 Å². The Bertz CT molecular complexity index is 1140. The molecular formula is C30H38F4N4O. The summed E-state index contributed by atoms with van der Waals surface area (Å²) < 4.78 is 61.4. The predicted molar refractivity (Wildman–Crippen MR) is 143 cm³/mol. The van der Waals surface area contributed by atoms with Gasteiger partial charge in [0.05, 0.1) is 12.0 Å². The zero-order chi connectivity index (χ0) is 27.6. The summed E-state index contributed by atoms with van der Waals surface area (Å²) in [6.07, 6.45) is 5.03. The van der Waals surface area contributed by atoms with Crippen molar-refractivity contribution in [2.24, 2.45) is 11.3 Å². The molecule has 2 aromatic rings. The van der Waals surface area contributed by atoms with Gasteiger partial charge in [0.1, 0.15) is 5.82 Å². The van der Waals surface area contributed by atoms with Crippen LogP contribution in [0.3, 0.4) is 0 Å². The monoisotopic (exact) mass is 546 g/mol. The van der Waals surface area contributed by atoms with Crippen LogP contribution in [0.15, 0.2) is 37.2 Å².